The zero-order valence-electron chi connectivity index (χ0n) is 6.10. The molecule has 1 aromatic rings. The van der Waals surface area contributed by atoms with Gasteiger partial charge in [0.15, 0.2) is 0 Å². The summed E-state index contributed by atoms with van der Waals surface area (Å²) in [6.07, 6.45) is 0. The molecule has 0 aromatic heterocycles. The number of phenolic OH excluding ortho intramolecular Hbond substituents is 1. The van der Waals surface area contributed by atoms with Gasteiger partial charge in [0, 0.05) is 4.47 Å². The summed E-state index contributed by atoms with van der Waals surface area (Å²) in [6.45, 7) is 0. The first-order valence-corrected chi connectivity index (χ1v) is 4.74. The van der Waals surface area contributed by atoms with Gasteiger partial charge >= 0.3 is 5.51 Å². The highest BCUT2D eigenvalue weighted by Gasteiger charge is 2.30. The fraction of sp³-hybridized carbons (Fsp3) is 0.143. The van der Waals surface area contributed by atoms with E-state index in [4.69, 9.17) is 5.11 Å². The number of rotatable bonds is 1. The first-order chi connectivity index (χ1) is 5.88. The summed E-state index contributed by atoms with van der Waals surface area (Å²) < 4.78 is 36.2. The molecule has 0 saturated heterocycles. The summed E-state index contributed by atoms with van der Waals surface area (Å²) >= 11 is 2.67. The summed E-state index contributed by atoms with van der Waals surface area (Å²) in [5.41, 5.74) is -4.38. The normalized spacial score (nSPS) is 11.7. The van der Waals surface area contributed by atoms with Gasteiger partial charge in [-0.3, -0.25) is 0 Å². The van der Waals surface area contributed by atoms with Crippen LogP contribution in [0.15, 0.2) is 27.6 Å². The third kappa shape index (κ3) is 3.48. The van der Waals surface area contributed by atoms with Crippen LogP contribution in [0.2, 0.25) is 0 Å². The molecule has 6 heteroatoms. The maximum absolute atomic E-state index is 11.9. The van der Waals surface area contributed by atoms with Gasteiger partial charge in [-0.15, -0.1) is 0 Å². The maximum Gasteiger partial charge on any atom is 0.446 e. The van der Waals surface area contributed by atoms with E-state index in [1.54, 1.807) is 0 Å². The van der Waals surface area contributed by atoms with Crippen molar-refractivity contribution in [3.63, 3.8) is 0 Å². The van der Waals surface area contributed by atoms with Gasteiger partial charge in [-0.2, -0.15) is 13.2 Å². The van der Waals surface area contributed by atoms with E-state index in [2.05, 4.69) is 15.9 Å². The van der Waals surface area contributed by atoms with E-state index in [9.17, 15) is 13.2 Å². The van der Waals surface area contributed by atoms with Crippen LogP contribution in [0.1, 0.15) is 0 Å². The Morgan fingerprint density at radius 3 is 2.46 bits per heavy atom. The molecule has 0 amide bonds. The van der Waals surface area contributed by atoms with Crippen molar-refractivity contribution in [2.45, 2.75) is 10.4 Å². The van der Waals surface area contributed by atoms with Crippen LogP contribution in [-0.4, -0.2) is 10.6 Å². The highest BCUT2D eigenvalue weighted by Crippen LogP contribution is 2.41. The highest BCUT2D eigenvalue weighted by atomic mass is 79.9. The summed E-state index contributed by atoms with van der Waals surface area (Å²) in [6, 6.07) is 3.89. The van der Waals surface area contributed by atoms with Crippen LogP contribution < -0.4 is 0 Å². The molecule has 0 spiro atoms. The Kier molecular flexibility index (Phi) is 3.13. The lowest BCUT2D eigenvalue weighted by molar-refractivity contribution is -0.0329. The van der Waals surface area contributed by atoms with E-state index in [-0.39, 0.29) is 22.4 Å². The summed E-state index contributed by atoms with van der Waals surface area (Å²) in [4.78, 5) is -0.207. The lowest BCUT2D eigenvalue weighted by Crippen LogP contribution is -1.98. The summed E-state index contributed by atoms with van der Waals surface area (Å²) in [7, 11) is 0. The molecule has 0 aliphatic rings. The Hall–Kier alpha value is -0.360. The van der Waals surface area contributed by atoms with Gasteiger partial charge in [0.05, 0.1) is 4.90 Å². The summed E-state index contributed by atoms with van der Waals surface area (Å²) in [5, 5.41) is 9.06. The van der Waals surface area contributed by atoms with Crippen molar-refractivity contribution in [1.82, 2.24) is 0 Å². The standard InChI is InChI=1S/C7H4BrF3OS/c8-4-1-2-5(12)6(3-4)13-7(9,10)11/h1-3,12H. The average Bonchev–Trinajstić information content (AvgIpc) is 1.94. The minimum absolute atomic E-state index is 0.207. The molecule has 1 N–H and O–H groups in total. The van der Waals surface area contributed by atoms with Gasteiger partial charge in [0.2, 0.25) is 0 Å². The first kappa shape index (κ1) is 10.7. The molecule has 0 fully saturated rings. The van der Waals surface area contributed by atoms with E-state index in [0.29, 0.717) is 4.47 Å². The predicted molar refractivity (Wildman–Crippen MR) is 47.7 cm³/mol. The topological polar surface area (TPSA) is 20.2 Å². The molecule has 0 bridgehead atoms. The maximum atomic E-state index is 11.9. The quantitative estimate of drug-likeness (QED) is 0.786. The zero-order chi connectivity index (χ0) is 10.1. The molecule has 0 aliphatic heterocycles. The van der Waals surface area contributed by atoms with E-state index >= 15 is 0 Å². The molecule has 1 aromatic carbocycles. The third-order valence-corrected chi connectivity index (χ3v) is 2.42. The Labute approximate surface area is 85.1 Å². The second-order valence-electron chi connectivity index (χ2n) is 2.16. The lowest BCUT2D eigenvalue weighted by atomic mass is 10.3. The number of hydrogen-bond donors (Lipinski definition) is 1. The monoisotopic (exact) mass is 272 g/mol. The van der Waals surface area contributed by atoms with Gasteiger partial charge in [0.25, 0.3) is 0 Å². The number of thioether (sulfide) groups is 1. The first-order valence-electron chi connectivity index (χ1n) is 3.13. The predicted octanol–water partition coefficient (Wildman–Crippen LogP) is 3.77. The van der Waals surface area contributed by atoms with Crippen molar-refractivity contribution < 1.29 is 18.3 Å². The number of alkyl halides is 3. The lowest BCUT2D eigenvalue weighted by Gasteiger charge is -2.07. The molecule has 0 unspecified atom stereocenters. The van der Waals surface area contributed by atoms with Crippen LogP contribution in [0.4, 0.5) is 13.2 Å². The molecule has 0 heterocycles. The van der Waals surface area contributed by atoms with E-state index in [0.717, 1.165) is 0 Å². The van der Waals surface area contributed by atoms with Crippen molar-refractivity contribution in [1.29, 1.82) is 0 Å². The minimum Gasteiger partial charge on any atom is -0.507 e. The Balaban J connectivity index is 2.94. The smallest absolute Gasteiger partial charge is 0.446 e. The van der Waals surface area contributed by atoms with Crippen LogP contribution in [0.5, 0.6) is 5.75 Å². The molecule has 13 heavy (non-hydrogen) atoms. The third-order valence-electron chi connectivity index (χ3n) is 1.15. The molecule has 0 aliphatic carbocycles. The summed E-state index contributed by atoms with van der Waals surface area (Å²) in [5.74, 6) is -0.370. The minimum atomic E-state index is -4.38. The second-order valence-corrected chi connectivity index (χ2v) is 4.18. The van der Waals surface area contributed by atoms with Gasteiger partial charge in [-0.25, -0.2) is 0 Å². The van der Waals surface area contributed by atoms with Crippen molar-refractivity contribution in [2.24, 2.45) is 0 Å². The van der Waals surface area contributed by atoms with Crippen molar-refractivity contribution in [3.8, 4) is 5.75 Å². The number of aromatic hydroxyl groups is 1. The number of phenols is 1. The molecule has 0 atom stereocenters. The molecule has 1 nitrogen and oxygen atoms in total. The molecular formula is C7H4BrF3OS. The van der Waals surface area contributed by atoms with Gasteiger partial charge in [0.1, 0.15) is 5.75 Å². The second kappa shape index (κ2) is 3.79. The molecule has 0 radical (unpaired) electrons. The molecule has 72 valence electrons. The number of benzene rings is 1. The Morgan fingerprint density at radius 1 is 1.31 bits per heavy atom. The number of hydrogen-bond acceptors (Lipinski definition) is 2. The van der Waals surface area contributed by atoms with Gasteiger partial charge in [-0.1, -0.05) is 15.9 Å². The van der Waals surface area contributed by atoms with Gasteiger partial charge < -0.3 is 5.11 Å². The van der Waals surface area contributed by atoms with E-state index in [1.165, 1.54) is 18.2 Å². The van der Waals surface area contributed by atoms with E-state index < -0.39 is 5.51 Å². The van der Waals surface area contributed by atoms with E-state index in [1.807, 2.05) is 0 Å². The van der Waals surface area contributed by atoms with Crippen molar-refractivity contribution in [2.75, 3.05) is 0 Å². The largest absolute Gasteiger partial charge is 0.507 e. The molecule has 0 saturated carbocycles. The Bertz CT molecular complexity index is 313. The van der Waals surface area contributed by atoms with Crippen molar-refractivity contribution >= 4 is 27.7 Å². The Morgan fingerprint density at radius 2 is 1.92 bits per heavy atom. The molecular weight excluding hydrogens is 269 g/mol. The van der Waals surface area contributed by atoms with Crippen LogP contribution in [0.25, 0.3) is 0 Å². The SMILES string of the molecule is Oc1ccc(Br)cc1SC(F)(F)F. The fourth-order valence-corrected chi connectivity index (χ4v) is 1.81. The molecule has 1 rings (SSSR count). The fourth-order valence-electron chi connectivity index (χ4n) is 0.694. The van der Waals surface area contributed by atoms with Gasteiger partial charge in [-0.05, 0) is 30.0 Å². The highest BCUT2D eigenvalue weighted by molar-refractivity contribution is 9.10. The zero-order valence-corrected chi connectivity index (χ0v) is 8.50. The van der Waals surface area contributed by atoms with Crippen LogP contribution in [-0.2, 0) is 0 Å². The van der Waals surface area contributed by atoms with Crippen molar-refractivity contribution in [3.05, 3.63) is 22.7 Å². The van der Waals surface area contributed by atoms with Crippen LogP contribution >= 0.6 is 27.7 Å². The average molecular weight is 273 g/mol. The number of halogens is 4. The van der Waals surface area contributed by atoms with Crippen LogP contribution in [0, 0.1) is 0 Å². The van der Waals surface area contributed by atoms with Crippen LogP contribution in [0.3, 0.4) is 0 Å².